The Morgan fingerprint density at radius 1 is 1.14 bits per heavy atom. The molecule has 1 heterocycles. The summed E-state index contributed by atoms with van der Waals surface area (Å²) >= 11 is 0. The van der Waals surface area contributed by atoms with Crippen molar-refractivity contribution in [1.82, 2.24) is 20.4 Å². The SMILES string of the molecule is CN=C(NCc1ccn(-c2ccc(OC)cc2)n1)NCC(OC)C(C)(C)C.I. The molecule has 0 aliphatic carbocycles. The summed E-state index contributed by atoms with van der Waals surface area (Å²) in [5.74, 6) is 1.55. The van der Waals surface area contributed by atoms with E-state index in [1.807, 2.05) is 41.2 Å². The average Bonchev–Trinajstić information content (AvgIpc) is 3.12. The van der Waals surface area contributed by atoms with E-state index in [9.17, 15) is 0 Å². The summed E-state index contributed by atoms with van der Waals surface area (Å²) in [6, 6.07) is 9.77. The molecule has 0 fully saturated rings. The van der Waals surface area contributed by atoms with Gasteiger partial charge < -0.3 is 20.1 Å². The standard InChI is InChI=1S/C20H31N5O2.HI/c1-20(2,3)18(27-6)14-23-19(21-4)22-13-15-11-12-25(24-15)16-7-9-17(26-5)10-8-16;/h7-12,18H,13-14H2,1-6H3,(H2,21,22,23);1H. The van der Waals surface area contributed by atoms with E-state index >= 15 is 0 Å². The van der Waals surface area contributed by atoms with Gasteiger partial charge in [-0.1, -0.05) is 20.8 Å². The third-order valence-corrected chi connectivity index (χ3v) is 4.35. The second-order valence-electron chi connectivity index (χ2n) is 7.35. The second-order valence-corrected chi connectivity index (χ2v) is 7.35. The first-order valence-electron chi connectivity index (χ1n) is 9.03. The van der Waals surface area contributed by atoms with Crippen LogP contribution in [0.15, 0.2) is 41.5 Å². The average molecular weight is 501 g/mol. The molecule has 0 saturated heterocycles. The molecule has 1 aromatic heterocycles. The van der Waals surface area contributed by atoms with Crippen molar-refractivity contribution in [1.29, 1.82) is 0 Å². The van der Waals surface area contributed by atoms with Crippen molar-refractivity contribution in [2.24, 2.45) is 10.4 Å². The van der Waals surface area contributed by atoms with Gasteiger partial charge in [0.1, 0.15) is 5.75 Å². The molecule has 0 aliphatic heterocycles. The van der Waals surface area contributed by atoms with E-state index < -0.39 is 0 Å². The lowest BCUT2D eigenvalue weighted by Crippen LogP contribution is -2.45. The highest BCUT2D eigenvalue weighted by Crippen LogP contribution is 2.20. The van der Waals surface area contributed by atoms with Crippen molar-refractivity contribution in [3.63, 3.8) is 0 Å². The Labute approximate surface area is 184 Å². The third kappa shape index (κ3) is 6.97. The highest BCUT2D eigenvalue weighted by atomic mass is 127. The minimum atomic E-state index is 0. The van der Waals surface area contributed by atoms with Gasteiger partial charge in [0.15, 0.2) is 5.96 Å². The van der Waals surface area contributed by atoms with Crippen LogP contribution in [-0.2, 0) is 11.3 Å². The number of benzene rings is 1. The van der Waals surface area contributed by atoms with Gasteiger partial charge in [-0.2, -0.15) is 5.10 Å². The summed E-state index contributed by atoms with van der Waals surface area (Å²) in [5.41, 5.74) is 1.96. The van der Waals surface area contributed by atoms with Crippen LogP contribution in [0.1, 0.15) is 26.5 Å². The van der Waals surface area contributed by atoms with Crippen molar-refractivity contribution in [2.75, 3.05) is 27.8 Å². The molecule has 0 amide bonds. The Morgan fingerprint density at radius 2 is 1.82 bits per heavy atom. The Morgan fingerprint density at radius 3 is 2.36 bits per heavy atom. The Balaban J connectivity index is 0.00000392. The van der Waals surface area contributed by atoms with Gasteiger partial charge in [0.05, 0.1) is 31.1 Å². The lowest BCUT2D eigenvalue weighted by molar-refractivity contribution is 0.0205. The van der Waals surface area contributed by atoms with Crippen LogP contribution in [-0.4, -0.2) is 49.7 Å². The first kappa shape index (κ1) is 24.2. The highest BCUT2D eigenvalue weighted by Gasteiger charge is 2.24. The van der Waals surface area contributed by atoms with E-state index in [1.165, 1.54) is 0 Å². The van der Waals surface area contributed by atoms with Gasteiger partial charge in [-0.3, -0.25) is 4.99 Å². The van der Waals surface area contributed by atoms with Crippen LogP contribution in [0.3, 0.4) is 0 Å². The van der Waals surface area contributed by atoms with E-state index in [0.29, 0.717) is 13.1 Å². The van der Waals surface area contributed by atoms with Gasteiger partial charge >= 0.3 is 0 Å². The van der Waals surface area contributed by atoms with E-state index in [2.05, 4.69) is 41.5 Å². The van der Waals surface area contributed by atoms with Crippen molar-refractivity contribution in [2.45, 2.75) is 33.4 Å². The first-order chi connectivity index (χ1) is 12.9. The first-order valence-corrected chi connectivity index (χ1v) is 9.03. The molecule has 0 spiro atoms. The van der Waals surface area contributed by atoms with Crippen molar-refractivity contribution < 1.29 is 9.47 Å². The van der Waals surface area contributed by atoms with Gasteiger partial charge in [-0.15, -0.1) is 24.0 Å². The molecule has 7 nitrogen and oxygen atoms in total. The maximum Gasteiger partial charge on any atom is 0.191 e. The van der Waals surface area contributed by atoms with Gasteiger partial charge in [0.25, 0.3) is 0 Å². The molecule has 0 radical (unpaired) electrons. The van der Waals surface area contributed by atoms with Crippen LogP contribution in [0.2, 0.25) is 0 Å². The lowest BCUT2D eigenvalue weighted by Gasteiger charge is -2.30. The van der Waals surface area contributed by atoms with E-state index in [-0.39, 0.29) is 35.5 Å². The fourth-order valence-corrected chi connectivity index (χ4v) is 2.66. The van der Waals surface area contributed by atoms with Crippen LogP contribution in [0.25, 0.3) is 5.69 Å². The number of nitrogens with zero attached hydrogens (tertiary/aromatic N) is 3. The zero-order valence-corrected chi connectivity index (χ0v) is 19.9. The van der Waals surface area contributed by atoms with Crippen LogP contribution < -0.4 is 15.4 Å². The second kappa shape index (κ2) is 11.3. The minimum Gasteiger partial charge on any atom is -0.497 e. The van der Waals surface area contributed by atoms with Crippen molar-refractivity contribution in [3.05, 3.63) is 42.2 Å². The summed E-state index contributed by atoms with van der Waals surface area (Å²) in [4.78, 5) is 4.27. The monoisotopic (exact) mass is 501 g/mol. The normalized spacial score (nSPS) is 12.9. The summed E-state index contributed by atoms with van der Waals surface area (Å²) in [6.07, 6.45) is 2.03. The van der Waals surface area contributed by atoms with Gasteiger partial charge in [-0.25, -0.2) is 4.68 Å². The topological polar surface area (TPSA) is 72.7 Å². The molecule has 0 aliphatic rings. The van der Waals surface area contributed by atoms with E-state index in [1.54, 1.807) is 21.3 Å². The predicted octanol–water partition coefficient (Wildman–Crippen LogP) is 3.23. The number of ether oxygens (including phenoxy) is 2. The lowest BCUT2D eigenvalue weighted by atomic mass is 9.89. The maximum atomic E-state index is 5.57. The number of aliphatic imine (C=N–C) groups is 1. The summed E-state index contributed by atoms with van der Waals surface area (Å²) in [7, 11) is 5.15. The van der Waals surface area contributed by atoms with Gasteiger partial charge in [0.2, 0.25) is 0 Å². The zero-order chi connectivity index (χ0) is 19.9. The summed E-state index contributed by atoms with van der Waals surface area (Å²) in [5, 5.41) is 11.2. The Hall–Kier alpha value is -1.81. The molecule has 1 atom stereocenters. The van der Waals surface area contributed by atoms with Crippen LogP contribution in [0.5, 0.6) is 5.75 Å². The molecule has 0 saturated carbocycles. The summed E-state index contributed by atoms with van der Waals surface area (Å²) in [6.45, 7) is 7.73. The third-order valence-electron chi connectivity index (χ3n) is 4.35. The van der Waals surface area contributed by atoms with Crippen LogP contribution >= 0.6 is 24.0 Å². The smallest absolute Gasteiger partial charge is 0.191 e. The molecule has 2 rings (SSSR count). The Kier molecular flexibility index (Phi) is 9.74. The number of aromatic nitrogens is 2. The number of nitrogens with one attached hydrogen (secondary N) is 2. The number of methoxy groups -OCH3 is 2. The zero-order valence-electron chi connectivity index (χ0n) is 17.5. The molecule has 1 unspecified atom stereocenters. The van der Waals surface area contributed by atoms with Crippen molar-refractivity contribution >= 4 is 29.9 Å². The predicted molar refractivity (Wildman–Crippen MR) is 124 cm³/mol. The quantitative estimate of drug-likeness (QED) is 0.347. The molecule has 8 heteroatoms. The maximum absolute atomic E-state index is 5.57. The molecule has 2 aromatic rings. The molecule has 2 N–H and O–H groups in total. The fourth-order valence-electron chi connectivity index (χ4n) is 2.66. The van der Waals surface area contributed by atoms with Gasteiger partial charge in [0, 0.05) is 26.9 Å². The molecule has 156 valence electrons. The molecular formula is C20H32IN5O2. The number of hydrogen-bond donors (Lipinski definition) is 2. The number of guanidine groups is 1. The molecule has 1 aromatic carbocycles. The largest absolute Gasteiger partial charge is 0.497 e. The van der Waals surface area contributed by atoms with E-state index in [4.69, 9.17) is 9.47 Å². The summed E-state index contributed by atoms with van der Waals surface area (Å²) < 4.78 is 12.6. The van der Waals surface area contributed by atoms with E-state index in [0.717, 1.165) is 23.1 Å². The number of hydrogen-bond acceptors (Lipinski definition) is 4. The minimum absolute atomic E-state index is 0. The highest BCUT2D eigenvalue weighted by molar-refractivity contribution is 14.0. The molecular weight excluding hydrogens is 469 g/mol. The Bertz CT molecular complexity index is 738. The number of halogens is 1. The van der Waals surface area contributed by atoms with Gasteiger partial charge in [-0.05, 0) is 35.7 Å². The number of rotatable bonds is 7. The van der Waals surface area contributed by atoms with Crippen LogP contribution in [0, 0.1) is 5.41 Å². The van der Waals surface area contributed by atoms with Crippen LogP contribution in [0.4, 0.5) is 0 Å². The molecule has 0 bridgehead atoms. The molecule has 28 heavy (non-hydrogen) atoms. The fraction of sp³-hybridized carbons (Fsp3) is 0.500. The van der Waals surface area contributed by atoms with Crippen molar-refractivity contribution in [3.8, 4) is 11.4 Å².